The van der Waals surface area contributed by atoms with E-state index in [4.69, 9.17) is 23.7 Å². The molecule has 0 unspecified atom stereocenters. The number of rotatable bonds is 7. The number of nitrogens with one attached hydrogen (secondary N) is 1. The van der Waals surface area contributed by atoms with Crippen LogP contribution in [0.5, 0.6) is 0 Å². The van der Waals surface area contributed by atoms with Crippen LogP contribution in [0.2, 0.25) is 0 Å². The number of primary amides is 1. The molecule has 110 valence electrons. The molecule has 1 heterocycles. The Balaban J connectivity index is 2.10. The van der Waals surface area contributed by atoms with E-state index >= 15 is 0 Å². The molecule has 2 aromatic rings. The van der Waals surface area contributed by atoms with E-state index in [1.807, 2.05) is 30.3 Å². The molecule has 0 aliphatic carbocycles. The van der Waals surface area contributed by atoms with E-state index < -0.39 is 0 Å². The molecule has 1 aromatic heterocycles. The number of nitrogens with two attached hydrogens (primary N) is 2. The summed E-state index contributed by atoms with van der Waals surface area (Å²) in [5, 5.41) is 4.18. The largest absolute Gasteiger partial charge is 0.389 e. The fourth-order valence-electron chi connectivity index (χ4n) is 2.11. The van der Waals surface area contributed by atoms with Crippen molar-refractivity contribution >= 4 is 39.8 Å². The van der Waals surface area contributed by atoms with Crippen LogP contribution < -0.4 is 16.8 Å². The second-order valence-electron chi connectivity index (χ2n) is 4.79. The first-order chi connectivity index (χ1) is 10.1. The van der Waals surface area contributed by atoms with Gasteiger partial charge in [0.25, 0.3) is 0 Å². The summed E-state index contributed by atoms with van der Waals surface area (Å²) in [5.41, 5.74) is 12.5. The summed E-state index contributed by atoms with van der Waals surface area (Å²) in [5.74, 6) is 0.463. The van der Waals surface area contributed by atoms with Crippen LogP contribution in [0.4, 0.5) is 5.82 Å². The molecule has 1 amide bonds. The zero-order valence-electron chi connectivity index (χ0n) is 11.6. The molecular weight excluding hydrogens is 284 g/mol. The molecule has 0 aliphatic rings. The van der Waals surface area contributed by atoms with Crippen LogP contribution in [0, 0.1) is 0 Å². The molecule has 0 saturated carbocycles. The Morgan fingerprint density at radius 3 is 2.71 bits per heavy atom. The van der Waals surface area contributed by atoms with Gasteiger partial charge in [-0.05, 0) is 25.0 Å². The van der Waals surface area contributed by atoms with Crippen LogP contribution in [-0.4, -0.2) is 22.4 Å². The lowest BCUT2D eigenvalue weighted by atomic mass is 10.1. The Morgan fingerprint density at radius 1 is 1.24 bits per heavy atom. The second-order valence-corrected chi connectivity index (χ2v) is 5.23. The standard InChI is InChI=1S/C15H18N4OS/c16-13(20)7-3-4-8-18-14-9-11(15(17)21)10-5-1-2-6-12(10)19-14/h1-2,5-6,9H,3-4,7-8H2,(H2,16,20)(H2,17,21)(H,18,19). The molecule has 5 nitrogen and oxygen atoms in total. The van der Waals surface area contributed by atoms with Crippen LogP contribution in [0.1, 0.15) is 24.8 Å². The van der Waals surface area contributed by atoms with Crippen LogP contribution in [0.25, 0.3) is 10.9 Å². The normalized spacial score (nSPS) is 10.5. The maximum Gasteiger partial charge on any atom is 0.217 e. The van der Waals surface area contributed by atoms with E-state index in [0.717, 1.165) is 41.7 Å². The van der Waals surface area contributed by atoms with Crippen molar-refractivity contribution < 1.29 is 4.79 Å². The molecule has 2 rings (SSSR count). The van der Waals surface area contributed by atoms with Gasteiger partial charge < -0.3 is 16.8 Å². The summed E-state index contributed by atoms with van der Waals surface area (Å²) >= 11 is 5.10. The number of carbonyl (C=O) groups excluding carboxylic acids is 1. The van der Waals surface area contributed by atoms with E-state index in [9.17, 15) is 4.79 Å². The van der Waals surface area contributed by atoms with Crippen molar-refractivity contribution in [1.29, 1.82) is 0 Å². The highest BCUT2D eigenvalue weighted by molar-refractivity contribution is 7.80. The Kier molecular flexibility index (Phi) is 5.05. The number of aromatic nitrogens is 1. The Bertz CT molecular complexity index is 672. The molecule has 5 N–H and O–H groups in total. The zero-order valence-corrected chi connectivity index (χ0v) is 12.5. The van der Waals surface area contributed by atoms with Gasteiger partial charge in [-0.2, -0.15) is 0 Å². The zero-order chi connectivity index (χ0) is 15.2. The van der Waals surface area contributed by atoms with Gasteiger partial charge in [-0.3, -0.25) is 4.79 Å². The third-order valence-corrected chi connectivity index (χ3v) is 3.36. The summed E-state index contributed by atoms with van der Waals surface area (Å²) in [6.07, 6.45) is 2.02. The van der Waals surface area contributed by atoms with Crippen LogP contribution in [-0.2, 0) is 4.79 Å². The number of hydrogen-bond acceptors (Lipinski definition) is 4. The summed E-state index contributed by atoms with van der Waals surface area (Å²) in [4.78, 5) is 15.5. The number of carbonyl (C=O) groups is 1. The van der Waals surface area contributed by atoms with Gasteiger partial charge in [0.15, 0.2) is 0 Å². The van der Waals surface area contributed by atoms with Crippen molar-refractivity contribution in [3.05, 3.63) is 35.9 Å². The van der Waals surface area contributed by atoms with Crippen molar-refractivity contribution in [2.75, 3.05) is 11.9 Å². The number of anilines is 1. The Morgan fingerprint density at radius 2 is 2.00 bits per heavy atom. The number of pyridine rings is 1. The number of thiocarbonyl (C=S) groups is 1. The monoisotopic (exact) mass is 302 g/mol. The molecule has 21 heavy (non-hydrogen) atoms. The lowest BCUT2D eigenvalue weighted by molar-refractivity contribution is -0.118. The average Bonchev–Trinajstić information content (AvgIpc) is 2.45. The quantitative estimate of drug-likeness (QED) is 0.537. The maximum atomic E-state index is 10.7. The molecule has 0 fully saturated rings. The third-order valence-electron chi connectivity index (χ3n) is 3.14. The SMILES string of the molecule is NC(=O)CCCCNc1cc(C(N)=S)c2ccccc2n1. The number of hydrogen-bond donors (Lipinski definition) is 3. The highest BCUT2D eigenvalue weighted by Crippen LogP contribution is 2.20. The summed E-state index contributed by atoms with van der Waals surface area (Å²) < 4.78 is 0. The molecule has 0 radical (unpaired) electrons. The third kappa shape index (κ3) is 4.13. The molecule has 0 spiro atoms. The number of amides is 1. The highest BCUT2D eigenvalue weighted by atomic mass is 32.1. The minimum Gasteiger partial charge on any atom is -0.389 e. The fraction of sp³-hybridized carbons (Fsp3) is 0.267. The van der Waals surface area contributed by atoms with Gasteiger partial charge in [0.2, 0.25) is 5.91 Å². The number of fused-ring (bicyclic) bond motifs is 1. The van der Waals surface area contributed by atoms with E-state index in [1.54, 1.807) is 0 Å². The first kappa shape index (κ1) is 15.2. The molecule has 6 heteroatoms. The highest BCUT2D eigenvalue weighted by Gasteiger charge is 2.07. The van der Waals surface area contributed by atoms with E-state index in [1.165, 1.54) is 0 Å². The van der Waals surface area contributed by atoms with Gasteiger partial charge in [-0.15, -0.1) is 0 Å². The molecule has 0 saturated heterocycles. The first-order valence-electron chi connectivity index (χ1n) is 6.79. The fourth-order valence-corrected chi connectivity index (χ4v) is 2.28. The van der Waals surface area contributed by atoms with Crippen LogP contribution in [0.3, 0.4) is 0 Å². The van der Waals surface area contributed by atoms with Gasteiger partial charge in [0.05, 0.1) is 5.52 Å². The molecule has 0 bridgehead atoms. The maximum absolute atomic E-state index is 10.7. The Hall–Kier alpha value is -2.21. The van der Waals surface area contributed by atoms with Crippen molar-refractivity contribution in [2.45, 2.75) is 19.3 Å². The van der Waals surface area contributed by atoms with Crippen molar-refractivity contribution in [3.8, 4) is 0 Å². The van der Waals surface area contributed by atoms with Crippen molar-refractivity contribution in [3.63, 3.8) is 0 Å². The van der Waals surface area contributed by atoms with Crippen LogP contribution in [0.15, 0.2) is 30.3 Å². The first-order valence-corrected chi connectivity index (χ1v) is 7.20. The predicted octanol–water partition coefficient (Wildman–Crippen LogP) is 1.94. The second kappa shape index (κ2) is 6.99. The lowest BCUT2D eigenvalue weighted by Crippen LogP contribution is -2.13. The van der Waals surface area contributed by atoms with Gasteiger partial charge >= 0.3 is 0 Å². The van der Waals surface area contributed by atoms with E-state index in [-0.39, 0.29) is 5.91 Å². The van der Waals surface area contributed by atoms with Gasteiger partial charge in [0, 0.05) is 23.9 Å². The molecular formula is C15H18N4OS. The molecule has 1 aromatic carbocycles. The van der Waals surface area contributed by atoms with E-state index in [2.05, 4.69) is 10.3 Å². The van der Waals surface area contributed by atoms with Crippen molar-refractivity contribution in [2.24, 2.45) is 11.5 Å². The summed E-state index contributed by atoms with van der Waals surface area (Å²) in [6.45, 7) is 0.718. The number of benzene rings is 1. The van der Waals surface area contributed by atoms with Gasteiger partial charge in [-0.1, -0.05) is 30.4 Å². The average molecular weight is 302 g/mol. The molecule has 0 atom stereocenters. The summed E-state index contributed by atoms with van der Waals surface area (Å²) in [6, 6.07) is 9.60. The number of nitrogens with zero attached hydrogens (tertiary/aromatic N) is 1. The lowest BCUT2D eigenvalue weighted by Gasteiger charge is -2.10. The number of unbranched alkanes of at least 4 members (excludes halogenated alkanes) is 1. The summed E-state index contributed by atoms with van der Waals surface area (Å²) in [7, 11) is 0. The Labute approximate surface area is 128 Å². The van der Waals surface area contributed by atoms with Gasteiger partial charge in [0.1, 0.15) is 10.8 Å². The molecule has 0 aliphatic heterocycles. The van der Waals surface area contributed by atoms with E-state index in [0.29, 0.717) is 11.4 Å². The van der Waals surface area contributed by atoms with Crippen molar-refractivity contribution in [1.82, 2.24) is 4.98 Å². The topological polar surface area (TPSA) is 94.0 Å². The minimum atomic E-state index is -0.269. The number of para-hydroxylation sites is 1. The van der Waals surface area contributed by atoms with Crippen LogP contribution >= 0.6 is 12.2 Å². The van der Waals surface area contributed by atoms with Gasteiger partial charge in [-0.25, -0.2) is 4.98 Å². The minimum absolute atomic E-state index is 0.269. The predicted molar refractivity (Wildman–Crippen MR) is 89.2 cm³/mol. The smallest absolute Gasteiger partial charge is 0.217 e.